The van der Waals surface area contributed by atoms with Crippen molar-refractivity contribution >= 4 is 26.0 Å². The molecule has 0 bridgehead atoms. The largest absolute Gasteiger partial charge is 0.324 e. The van der Waals surface area contributed by atoms with Crippen LogP contribution in [-0.2, 0) is 10.0 Å². The summed E-state index contributed by atoms with van der Waals surface area (Å²) in [6.07, 6.45) is 2.84. The Bertz CT molecular complexity index is 512. The van der Waals surface area contributed by atoms with E-state index in [2.05, 4.69) is 20.7 Å². The van der Waals surface area contributed by atoms with Crippen LogP contribution in [0.3, 0.4) is 0 Å². The summed E-state index contributed by atoms with van der Waals surface area (Å²) in [4.78, 5) is 0.259. The molecule has 0 heterocycles. The molecule has 0 spiro atoms. The maximum atomic E-state index is 12.0. The molecule has 1 saturated carbocycles. The fourth-order valence-corrected chi connectivity index (χ4v) is 3.50. The number of hydrogen-bond donors (Lipinski definition) is 2. The first-order valence-corrected chi connectivity index (χ1v) is 7.73. The lowest BCUT2D eigenvalue weighted by molar-refractivity contribution is 0.251. The van der Waals surface area contributed by atoms with Crippen LogP contribution in [0.2, 0.25) is 0 Å². The van der Waals surface area contributed by atoms with Gasteiger partial charge in [-0.05, 0) is 37.5 Å². The highest BCUT2D eigenvalue weighted by molar-refractivity contribution is 9.10. The van der Waals surface area contributed by atoms with Gasteiger partial charge in [0.1, 0.15) is 0 Å². The molecule has 1 aromatic rings. The van der Waals surface area contributed by atoms with E-state index in [1.807, 2.05) is 0 Å². The third kappa shape index (κ3) is 3.07. The van der Waals surface area contributed by atoms with E-state index < -0.39 is 10.0 Å². The zero-order valence-corrected chi connectivity index (χ0v) is 11.7. The summed E-state index contributed by atoms with van der Waals surface area (Å²) < 4.78 is 27.3. The number of halogens is 1. The summed E-state index contributed by atoms with van der Waals surface area (Å²) >= 11 is 3.25. The normalized spacial score (nSPS) is 18.7. The molecule has 0 unspecified atom stereocenters. The second-order valence-corrected chi connectivity index (χ2v) is 7.18. The van der Waals surface area contributed by atoms with Crippen molar-refractivity contribution in [1.29, 1.82) is 0 Å². The van der Waals surface area contributed by atoms with E-state index >= 15 is 0 Å². The van der Waals surface area contributed by atoms with Crippen LogP contribution in [0.4, 0.5) is 0 Å². The SMILES string of the molecule is NC1(CNS(=O)(=O)c2cccc(Br)c2)CCC1. The van der Waals surface area contributed by atoms with Gasteiger partial charge in [-0.2, -0.15) is 0 Å². The lowest BCUT2D eigenvalue weighted by Gasteiger charge is -2.37. The van der Waals surface area contributed by atoms with Gasteiger partial charge < -0.3 is 5.73 Å². The number of hydrogen-bond acceptors (Lipinski definition) is 3. The molecule has 2 rings (SSSR count). The highest BCUT2D eigenvalue weighted by atomic mass is 79.9. The van der Waals surface area contributed by atoms with Crippen LogP contribution in [0.5, 0.6) is 0 Å². The summed E-state index contributed by atoms with van der Waals surface area (Å²) in [5.74, 6) is 0. The van der Waals surface area contributed by atoms with Crippen molar-refractivity contribution in [3.05, 3.63) is 28.7 Å². The van der Waals surface area contributed by atoms with Gasteiger partial charge in [0, 0.05) is 16.6 Å². The first-order valence-electron chi connectivity index (χ1n) is 5.45. The summed E-state index contributed by atoms with van der Waals surface area (Å²) in [7, 11) is -3.45. The van der Waals surface area contributed by atoms with Crippen LogP contribution in [0.25, 0.3) is 0 Å². The van der Waals surface area contributed by atoms with Gasteiger partial charge in [-0.3, -0.25) is 0 Å². The van der Waals surface area contributed by atoms with E-state index in [0.29, 0.717) is 6.54 Å². The van der Waals surface area contributed by atoms with Crippen molar-refractivity contribution in [3.8, 4) is 0 Å². The first-order chi connectivity index (χ1) is 7.91. The number of benzene rings is 1. The molecular weight excluding hydrogens is 304 g/mol. The number of rotatable bonds is 4. The van der Waals surface area contributed by atoms with E-state index in [4.69, 9.17) is 5.73 Å². The molecule has 94 valence electrons. The second-order valence-electron chi connectivity index (χ2n) is 4.50. The molecule has 0 aromatic heterocycles. The van der Waals surface area contributed by atoms with Crippen molar-refractivity contribution in [2.45, 2.75) is 29.7 Å². The van der Waals surface area contributed by atoms with Crippen LogP contribution in [-0.4, -0.2) is 20.5 Å². The fraction of sp³-hybridized carbons (Fsp3) is 0.455. The van der Waals surface area contributed by atoms with Crippen molar-refractivity contribution in [3.63, 3.8) is 0 Å². The molecule has 1 aliphatic carbocycles. The molecule has 0 atom stereocenters. The maximum absolute atomic E-state index is 12.0. The van der Waals surface area contributed by atoms with Crippen LogP contribution in [0, 0.1) is 0 Å². The van der Waals surface area contributed by atoms with Crippen LogP contribution >= 0.6 is 15.9 Å². The van der Waals surface area contributed by atoms with E-state index in [-0.39, 0.29) is 10.4 Å². The molecule has 0 amide bonds. The Kier molecular flexibility index (Phi) is 3.58. The third-order valence-electron chi connectivity index (χ3n) is 3.07. The van der Waals surface area contributed by atoms with E-state index in [1.165, 1.54) is 0 Å². The quantitative estimate of drug-likeness (QED) is 0.885. The first kappa shape index (κ1) is 13.0. The van der Waals surface area contributed by atoms with Crippen LogP contribution < -0.4 is 10.5 Å². The molecular formula is C11H15BrN2O2S. The summed E-state index contributed by atoms with van der Waals surface area (Å²) in [6, 6.07) is 6.62. The van der Waals surface area contributed by atoms with E-state index in [9.17, 15) is 8.42 Å². The standard InChI is InChI=1S/C11H15BrN2O2S/c12-9-3-1-4-10(7-9)17(15,16)14-8-11(13)5-2-6-11/h1,3-4,7,14H,2,5-6,8,13H2. The highest BCUT2D eigenvalue weighted by Gasteiger charge is 2.33. The van der Waals surface area contributed by atoms with Crippen molar-refractivity contribution in [1.82, 2.24) is 4.72 Å². The molecule has 6 heteroatoms. The average Bonchev–Trinajstić information content (AvgIpc) is 2.24. The monoisotopic (exact) mass is 318 g/mol. The molecule has 0 saturated heterocycles. The van der Waals surface area contributed by atoms with Gasteiger partial charge in [0.2, 0.25) is 10.0 Å². The van der Waals surface area contributed by atoms with Crippen molar-refractivity contribution in [2.24, 2.45) is 5.73 Å². The molecule has 17 heavy (non-hydrogen) atoms. The predicted molar refractivity (Wildman–Crippen MR) is 70.1 cm³/mol. The lowest BCUT2D eigenvalue weighted by atomic mass is 9.78. The second kappa shape index (κ2) is 4.68. The molecule has 3 N–H and O–H groups in total. The smallest absolute Gasteiger partial charge is 0.240 e. The Morgan fingerprint density at radius 2 is 2.12 bits per heavy atom. The molecule has 1 fully saturated rings. The Balaban J connectivity index is 2.08. The molecule has 0 radical (unpaired) electrons. The minimum atomic E-state index is -3.45. The Labute approximate surface area is 110 Å². The summed E-state index contributed by atoms with van der Waals surface area (Å²) in [5, 5.41) is 0. The van der Waals surface area contributed by atoms with Gasteiger partial charge in [-0.15, -0.1) is 0 Å². The zero-order valence-electron chi connectivity index (χ0n) is 9.32. The van der Waals surface area contributed by atoms with Gasteiger partial charge in [-0.1, -0.05) is 22.0 Å². The van der Waals surface area contributed by atoms with Gasteiger partial charge in [0.25, 0.3) is 0 Å². The van der Waals surface area contributed by atoms with Gasteiger partial charge in [-0.25, -0.2) is 13.1 Å². The average molecular weight is 319 g/mol. The van der Waals surface area contributed by atoms with Crippen molar-refractivity contribution in [2.75, 3.05) is 6.54 Å². The zero-order chi connectivity index (χ0) is 12.5. The minimum Gasteiger partial charge on any atom is -0.324 e. The van der Waals surface area contributed by atoms with Crippen LogP contribution in [0.15, 0.2) is 33.6 Å². The molecule has 0 aliphatic heterocycles. The Hall–Kier alpha value is -0.430. The van der Waals surface area contributed by atoms with E-state index in [1.54, 1.807) is 24.3 Å². The van der Waals surface area contributed by atoms with Gasteiger partial charge in [0.15, 0.2) is 0 Å². The molecule has 4 nitrogen and oxygen atoms in total. The maximum Gasteiger partial charge on any atom is 0.240 e. The Morgan fingerprint density at radius 1 is 1.41 bits per heavy atom. The number of nitrogens with one attached hydrogen (secondary N) is 1. The Morgan fingerprint density at radius 3 is 2.65 bits per heavy atom. The van der Waals surface area contributed by atoms with Gasteiger partial charge in [0.05, 0.1) is 4.90 Å². The number of sulfonamides is 1. The summed E-state index contributed by atoms with van der Waals surface area (Å²) in [6.45, 7) is 0.307. The van der Waals surface area contributed by atoms with Crippen LogP contribution in [0.1, 0.15) is 19.3 Å². The summed E-state index contributed by atoms with van der Waals surface area (Å²) in [5.41, 5.74) is 5.63. The lowest BCUT2D eigenvalue weighted by Crippen LogP contribution is -2.54. The fourth-order valence-electron chi connectivity index (χ4n) is 1.76. The highest BCUT2D eigenvalue weighted by Crippen LogP contribution is 2.28. The van der Waals surface area contributed by atoms with Crippen molar-refractivity contribution < 1.29 is 8.42 Å². The van der Waals surface area contributed by atoms with Gasteiger partial charge >= 0.3 is 0 Å². The topological polar surface area (TPSA) is 72.2 Å². The predicted octanol–water partition coefficient (Wildman–Crippen LogP) is 1.61. The third-order valence-corrected chi connectivity index (χ3v) is 4.96. The minimum absolute atomic E-state index is 0.259. The van der Waals surface area contributed by atoms with E-state index in [0.717, 1.165) is 23.7 Å². The molecule has 1 aromatic carbocycles. The number of nitrogens with two attached hydrogens (primary N) is 1. The molecule has 1 aliphatic rings.